The minimum atomic E-state index is -3.60. The number of sulfonamides is 1. The fraction of sp³-hybridized carbons (Fsp3) is 0.200. The van der Waals surface area contributed by atoms with Crippen LogP contribution in [-0.4, -0.2) is 15.2 Å². The highest BCUT2D eigenvalue weighted by atomic mass is 79.9. The van der Waals surface area contributed by atoms with Gasteiger partial charge in [-0.05, 0) is 42.8 Å². The van der Waals surface area contributed by atoms with E-state index in [1.54, 1.807) is 43.3 Å². The van der Waals surface area contributed by atoms with Gasteiger partial charge in [0.1, 0.15) is 0 Å². The van der Waals surface area contributed by atoms with Crippen LogP contribution in [0.5, 0.6) is 11.5 Å². The Labute approximate surface area is 137 Å². The minimum Gasteiger partial charge on any atom is -0.454 e. The number of hydrogen-bond donors (Lipinski definition) is 1. The highest BCUT2D eigenvalue weighted by molar-refractivity contribution is 9.10. The number of benzene rings is 2. The van der Waals surface area contributed by atoms with Crippen molar-refractivity contribution in [3.05, 3.63) is 52.5 Å². The average molecular weight is 384 g/mol. The van der Waals surface area contributed by atoms with E-state index < -0.39 is 16.1 Å². The van der Waals surface area contributed by atoms with Gasteiger partial charge in [0.15, 0.2) is 11.5 Å². The number of halogens is 1. The second kappa shape index (κ2) is 5.91. The summed E-state index contributed by atoms with van der Waals surface area (Å²) in [5, 5.41) is 0. The Bertz CT molecular complexity index is 807. The maximum absolute atomic E-state index is 12.4. The van der Waals surface area contributed by atoms with E-state index in [4.69, 9.17) is 9.47 Å². The third-order valence-electron chi connectivity index (χ3n) is 3.33. The van der Waals surface area contributed by atoms with Crippen molar-refractivity contribution < 1.29 is 17.9 Å². The summed E-state index contributed by atoms with van der Waals surface area (Å²) in [7, 11) is -3.60. The van der Waals surface area contributed by atoms with Crippen LogP contribution >= 0.6 is 15.9 Å². The number of nitrogens with one attached hydrogen (secondary N) is 1. The Balaban J connectivity index is 1.83. The molecule has 1 heterocycles. The van der Waals surface area contributed by atoms with E-state index in [2.05, 4.69) is 20.7 Å². The van der Waals surface area contributed by atoms with Crippen LogP contribution in [0, 0.1) is 0 Å². The predicted octanol–water partition coefficient (Wildman–Crippen LogP) is 3.22. The highest BCUT2D eigenvalue weighted by Gasteiger charge is 2.21. The molecule has 0 saturated carbocycles. The molecule has 0 saturated heterocycles. The van der Waals surface area contributed by atoms with Crippen LogP contribution in [-0.2, 0) is 10.0 Å². The molecule has 7 heteroatoms. The molecule has 0 spiro atoms. The van der Waals surface area contributed by atoms with E-state index in [1.165, 1.54) is 0 Å². The largest absolute Gasteiger partial charge is 0.454 e. The van der Waals surface area contributed by atoms with Crippen molar-refractivity contribution in [1.29, 1.82) is 0 Å². The zero-order valence-electron chi connectivity index (χ0n) is 11.7. The molecule has 0 radical (unpaired) electrons. The van der Waals surface area contributed by atoms with Crippen molar-refractivity contribution in [2.24, 2.45) is 0 Å². The fourth-order valence-corrected chi connectivity index (χ4v) is 4.01. The lowest BCUT2D eigenvalue weighted by Crippen LogP contribution is -2.26. The van der Waals surface area contributed by atoms with Crippen molar-refractivity contribution in [3.63, 3.8) is 0 Å². The Morgan fingerprint density at radius 3 is 2.68 bits per heavy atom. The summed E-state index contributed by atoms with van der Waals surface area (Å²) < 4.78 is 38.8. The molecule has 1 unspecified atom stereocenters. The molecule has 2 aromatic carbocycles. The predicted molar refractivity (Wildman–Crippen MR) is 85.4 cm³/mol. The summed E-state index contributed by atoms with van der Waals surface area (Å²) in [6, 6.07) is 11.6. The standard InChI is InChI=1S/C15H14BrNO4S/c1-10(11-5-6-14-15(7-11)21-9-20-14)17-22(18,19)13-4-2-3-12(16)8-13/h2-8,10,17H,9H2,1H3. The maximum Gasteiger partial charge on any atom is 0.241 e. The summed E-state index contributed by atoms with van der Waals surface area (Å²) in [6.45, 7) is 1.98. The summed E-state index contributed by atoms with van der Waals surface area (Å²) in [5.74, 6) is 1.30. The van der Waals surface area contributed by atoms with Crippen molar-refractivity contribution in [2.45, 2.75) is 17.9 Å². The first-order valence-corrected chi connectivity index (χ1v) is 8.91. The summed E-state index contributed by atoms with van der Waals surface area (Å²) in [5.41, 5.74) is 0.808. The molecule has 0 aliphatic carbocycles. The van der Waals surface area contributed by atoms with Gasteiger partial charge in [-0.3, -0.25) is 0 Å². The Morgan fingerprint density at radius 2 is 1.91 bits per heavy atom. The van der Waals surface area contributed by atoms with E-state index in [-0.39, 0.29) is 11.7 Å². The normalized spacial score (nSPS) is 14.8. The first kappa shape index (κ1) is 15.3. The number of rotatable bonds is 4. The van der Waals surface area contributed by atoms with Gasteiger partial charge >= 0.3 is 0 Å². The molecule has 2 aromatic rings. The molecule has 116 valence electrons. The smallest absolute Gasteiger partial charge is 0.241 e. The van der Waals surface area contributed by atoms with Crippen molar-refractivity contribution in [3.8, 4) is 11.5 Å². The lowest BCUT2D eigenvalue weighted by atomic mass is 10.1. The molecule has 5 nitrogen and oxygen atoms in total. The lowest BCUT2D eigenvalue weighted by Gasteiger charge is -2.15. The first-order chi connectivity index (χ1) is 10.5. The van der Waals surface area contributed by atoms with E-state index in [1.807, 2.05) is 6.07 Å². The molecule has 1 aliphatic rings. The highest BCUT2D eigenvalue weighted by Crippen LogP contribution is 2.34. The molecule has 3 rings (SSSR count). The molecule has 1 aliphatic heterocycles. The molecule has 22 heavy (non-hydrogen) atoms. The first-order valence-electron chi connectivity index (χ1n) is 6.63. The van der Waals surface area contributed by atoms with Crippen LogP contribution in [0.25, 0.3) is 0 Å². The average Bonchev–Trinajstić information content (AvgIpc) is 2.94. The van der Waals surface area contributed by atoms with Crippen molar-refractivity contribution in [1.82, 2.24) is 4.72 Å². The summed E-state index contributed by atoms with van der Waals surface area (Å²) >= 11 is 3.28. The number of hydrogen-bond acceptors (Lipinski definition) is 4. The summed E-state index contributed by atoms with van der Waals surface area (Å²) in [4.78, 5) is 0.217. The fourth-order valence-electron chi connectivity index (χ4n) is 2.19. The third-order valence-corrected chi connectivity index (χ3v) is 5.37. The number of ether oxygens (including phenoxy) is 2. The molecule has 1 atom stereocenters. The zero-order valence-corrected chi connectivity index (χ0v) is 14.1. The molecular weight excluding hydrogens is 370 g/mol. The van der Waals surface area contributed by atoms with Gasteiger partial charge in [0.05, 0.1) is 4.90 Å². The van der Waals surface area contributed by atoms with Crippen LogP contribution in [0.4, 0.5) is 0 Å². The Hall–Kier alpha value is -1.57. The van der Waals surface area contributed by atoms with Gasteiger partial charge in [-0.2, -0.15) is 0 Å². The van der Waals surface area contributed by atoms with Gasteiger partial charge in [0.25, 0.3) is 0 Å². The third kappa shape index (κ3) is 3.11. The molecule has 0 aromatic heterocycles. The second-order valence-electron chi connectivity index (χ2n) is 4.91. The van der Waals surface area contributed by atoms with E-state index in [0.717, 1.165) is 5.56 Å². The van der Waals surface area contributed by atoms with E-state index >= 15 is 0 Å². The molecule has 1 N–H and O–H groups in total. The van der Waals surface area contributed by atoms with Gasteiger partial charge in [-0.15, -0.1) is 0 Å². The monoisotopic (exact) mass is 383 g/mol. The van der Waals surface area contributed by atoms with Crippen LogP contribution in [0.3, 0.4) is 0 Å². The lowest BCUT2D eigenvalue weighted by molar-refractivity contribution is 0.174. The van der Waals surface area contributed by atoms with Crippen LogP contribution in [0.15, 0.2) is 51.8 Å². The van der Waals surface area contributed by atoms with Gasteiger partial charge in [0, 0.05) is 10.5 Å². The Kier molecular flexibility index (Phi) is 4.12. The van der Waals surface area contributed by atoms with Crippen LogP contribution in [0.2, 0.25) is 0 Å². The Morgan fingerprint density at radius 1 is 1.14 bits per heavy atom. The van der Waals surface area contributed by atoms with E-state index in [9.17, 15) is 8.42 Å². The van der Waals surface area contributed by atoms with Crippen molar-refractivity contribution in [2.75, 3.05) is 6.79 Å². The van der Waals surface area contributed by atoms with Crippen molar-refractivity contribution >= 4 is 26.0 Å². The summed E-state index contributed by atoms with van der Waals surface area (Å²) in [6.07, 6.45) is 0. The second-order valence-corrected chi connectivity index (χ2v) is 7.54. The molecule has 0 bridgehead atoms. The maximum atomic E-state index is 12.4. The van der Waals surface area contributed by atoms with Gasteiger partial charge < -0.3 is 9.47 Å². The topological polar surface area (TPSA) is 64.6 Å². The minimum absolute atomic E-state index is 0.191. The zero-order chi connectivity index (χ0) is 15.7. The SMILES string of the molecule is CC(NS(=O)(=O)c1cccc(Br)c1)c1ccc2c(c1)OCO2. The van der Waals surface area contributed by atoms with E-state index in [0.29, 0.717) is 16.0 Å². The van der Waals surface area contributed by atoms with Gasteiger partial charge in [-0.1, -0.05) is 28.1 Å². The molecule has 0 fully saturated rings. The molecular formula is C15H14BrNO4S. The number of fused-ring (bicyclic) bond motifs is 1. The quantitative estimate of drug-likeness (QED) is 0.879. The van der Waals surface area contributed by atoms with Crippen LogP contribution < -0.4 is 14.2 Å². The molecule has 0 amide bonds. The van der Waals surface area contributed by atoms with Gasteiger partial charge in [-0.25, -0.2) is 13.1 Å². The van der Waals surface area contributed by atoms with Gasteiger partial charge in [0.2, 0.25) is 16.8 Å². The van der Waals surface area contributed by atoms with Crippen LogP contribution in [0.1, 0.15) is 18.5 Å².